The molecule has 0 radical (unpaired) electrons. The third kappa shape index (κ3) is 3.92. The molecule has 7 heteroatoms. The molecule has 0 unspecified atom stereocenters. The number of hydrogen-bond donors (Lipinski definition) is 3. The maximum Gasteiger partial charge on any atom is 0.339 e. The van der Waals surface area contributed by atoms with E-state index in [9.17, 15) is 19.5 Å². The number of carboxylic acid groups (broad SMARTS) is 2. The van der Waals surface area contributed by atoms with Crippen LogP contribution in [0.3, 0.4) is 0 Å². The fraction of sp³-hybridized carbons (Fsp3) is 0.267. The van der Waals surface area contributed by atoms with Crippen LogP contribution in [0.1, 0.15) is 39.6 Å². The van der Waals surface area contributed by atoms with Gasteiger partial charge in [0.25, 0.3) is 0 Å². The summed E-state index contributed by atoms with van der Waals surface area (Å²) in [6.07, 6.45) is 0.205. The monoisotopic (exact) mass is 308 g/mol. The lowest BCUT2D eigenvalue weighted by Crippen LogP contribution is -2.16. The third-order valence-corrected chi connectivity index (χ3v) is 2.85. The Balaban J connectivity index is 3.46. The van der Waals surface area contributed by atoms with Crippen LogP contribution in [0.15, 0.2) is 24.3 Å². The number of benzene rings is 1. The zero-order valence-electron chi connectivity index (χ0n) is 12.0. The van der Waals surface area contributed by atoms with Crippen molar-refractivity contribution >= 4 is 17.9 Å². The second kappa shape index (κ2) is 7.37. The number of ether oxygens (including phenoxy) is 1. The molecule has 0 heterocycles. The molecule has 1 rings (SSSR count). The predicted molar refractivity (Wildman–Crippen MR) is 76.2 cm³/mol. The van der Waals surface area contributed by atoms with E-state index in [0.717, 1.165) is 6.07 Å². The summed E-state index contributed by atoms with van der Waals surface area (Å²) in [5.41, 5.74) is -0.527. The van der Waals surface area contributed by atoms with Gasteiger partial charge >= 0.3 is 17.9 Å². The molecule has 0 aromatic heterocycles. The Morgan fingerprint density at radius 3 is 2.27 bits per heavy atom. The zero-order chi connectivity index (χ0) is 16.9. The van der Waals surface area contributed by atoms with Crippen LogP contribution in [0.25, 0.3) is 0 Å². The molecule has 0 atom stereocenters. The van der Waals surface area contributed by atoms with Crippen LogP contribution >= 0.6 is 0 Å². The normalized spacial score (nSPS) is 10.1. The van der Waals surface area contributed by atoms with E-state index in [2.05, 4.69) is 6.58 Å². The molecule has 0 saturated heterocycles. The second-order valence-corrected chi connectivity index (χ2v) is 4.57. The van der Waals surface area contributed by atoms with E-state index in [-0.39, 0.29) is 41.9 Å². The molecule has 0 amide bonds. The number of aliphatic hydroxyl groups is 1. The average Bonchev–Trinajstić information content (AvgIpc) is 2.43. The standard InChI is InChI=1S/C15H16O7/c1-8(2)15(21)22-11-6-5-10(13(17)18)9(4-3-7-16)12(11)14(19)20/h5-6,16H,1,3-4,7H2,2H3,(H,17,18)(H,19,20). The highest BCUT2D eigenvalue weighted by Crippen LogP contribution is 2.28. The van der Waals surface area contributed by atoms with Crippen molar-refractivity contribution in [1.82, 2.24) is 0 Å². The SMILES string of the molecule is C=C(C)C(=O)Oc1ccc(C(=O)O)c(CCCO)c1C(=O)O. The first-order valence-electron chi connectivity index (χ1n) is 6.40. The highest BCUT2D eigenvalue weighted by Gasteiger charge is 2.24. The number of esters is 1. The van der Waals surface area contributed by atoms with Gasteiger partial charge in [-0.3, -0.25) is 0 Å². The van der Waals surface area contributed by atoms with Crippen molar-refractivity contribution in [3.63, 3.8) is 0 Å². The van der Waals surface area contributed by atoms with Crippen LogP contribution in [-0.2, 0) is 11.2 Å². The molecule has 3 N–H and O–H groups in total. The number of carbonyl (C=O) groups is 3. The van der Waals surface area contributed by atoms with Gasteiger partial charge < -0.3 is 20.1 Å². The Labute approximate surface area is 126 Å². The number of carbonyl (C=O) groups excluding carboxylic acids is 1. The minimum Gasteiger partial charge on any atom is -0.478 e. The molecular weight excluding hydrogens is 292 g/mol. The van der Waals surface area contributed by atoms with Gasteiger partial charge in [-0.05, 0) is 37.5 Å². The molecule has 1 aromatic rings. The van der Waals surface area contributed by atoms with Crippen LogP contribution in [-0.4, -0.2) is 39.8 Å². The Morgan fingerprint density at radius 2 is 1.82 bits per heavy atom. The van der Waals surface area contributed by atoms with E-state index < -0.39 is 23.5 Å². The Kier molecular flexibility index (Phi) is 5.82. The second-order valence-electron chi connectivity index (χ2n) is 4.57. The van der Waals surface area contributed by atoms with E-state index in [0.29, 0.717) is 0 Å². The maximum absolute atomic E-state index is 11.6. The number of rotatable bonds is 7. The van der Waals surface area contributed by atoms with Crippen LogP contribution in [0.5, 0.6) is 5.75 Å². The van der Waals surface area contributed by atoms with Crippen molar-refractivity contribution in [2.75, 3.05) is 6.61 Å². The largest absolute Gasteiger partial charge is 0.478 e. The summed E-state index contributed by atoms with van der Waals surface area (Å²) < 4.78 is 4.95. The summed E-state index contributed by atoms with van der Waals surface area (Å²) in [4.78, 5) is 34.2. The Hall–Kier alpha value is -2.67. The summed E-state index contributed by atoms with van der Waals surface area (Å²) in [5.74, 6) is -3.77. The highest BCUT2D eigenvalue weighted by molar-refractivity contribution is 6.00. The molecule has 0 aliphatic carbocycles. The minimum atomic E-state index is -1.42. The van der Waals surface area contributed by atoms with Crippen molar-refractivity contribution in [3.8, 4) is 5.75 Å². The molecule has 1 aromatic carbocycles. The molecule has 0 aliphatic rings. The van der Waals surface area contributed by atoms with Gasteiger partial charge in [-0.2, -0.15) is 0 Å². The quantitative estimate of drug-likeness (QED) is 0.396. The molecule has 0 spiro atoms. The molecule has 22 heavy (non-hydrogen) atoms. The fourth-order valence-electron chi connectivity index (χ4n) is 1.85. The van der Waals surface area contributed by atoms with E-state index in [1.807, 2.05) is 0 Å². The fourth-order valence-corrected chi connectivity index (χ4v) is 1.85. The van der Waals surface area contributed by atoms with Crippen LogP contribution in [0.2, 0.25) is 0 Å². The molecule has 0 bridgehead atoms. The topological polar surface area (TPSA) is 121 Å². The first-order valence-corrected chi connectivity index (χ1v) is 6.40. The molecule has 7 nitrogen and oxygen atoms in total. The summed E-state index contributed by atoms with van der Waals surface area (Å²) in [7, 11) is 0. The molecule has 0 saturated carbocycles. The molecule has 0 fully saturated rings. The van der Waals surface area contributed by atoms with Gasteiger partial charge in [0.1, 0.15) is 11.3 Å². The summed E-state index contributed by atoms with van der Waals surface area (Å²) in [5, 5.41) is 27.4. The van der Waals surface area contributed by atoms with Gasteiger partial charge in [-0.25, -0.2) is 14.4 Å². The van der Waals surface area contributed by atoms with Gasteiger partial charge in [0.2, 0.25) is 0 Å². The van der Waals surface area contributed by atoms with Crippen LogP contribution in [0.4, 0.5) is 0 Å². The van der Waals surface area contributed by atoms with Crippen molar-refractivity contribution in [2.24, 2.45) is 0 Å². The number of hydrogen-bond acceptors (Lipinski definition) is 5. The Bertz CT molecular complexity index is 631. The first-order chi connectivity index (χ1) is 10.3. The predicted octanol–water partition coefficient (Wildman–Crippen LogP) is 1.49. The lowest BCUT2D eigenvalue weighted by molar-refractivity contribution is -0.130. The summed E-state index contributed by atoms with van der Waals surface area (Å²) in [6, 6.07) is 2.29. The summed E-state index contributed by atoms with van der Waals surface area (Å²) >= 11 is 0. The van der Waals surface area contributed by atoms with Crippen molar-refractivity contribution in [1.29, 1.82) is 0 Å². The third-order valence-electron chi connectivity index (χ3n) is 2.85. The first kappa shape index (κ1) is 17.4. The van der Waals surface area contributed by atoms with Gasteiger partial charge in [-0.1, -0.05) is 6.58 Å². The zero-order valence-corrected chi connectivity index (χ0v) is 12.0. The minimum absolute atomic E-state index is 0.000986. The lowest BCUT2D eigenvalue weighted by atomic mass is 9.96. The number of aromatic carboxylic acids is 2. The van der Waals surface area contributed by atoms with Crippen molar-refractivity contribution in [3.05, 3.63) is 41.0 Å². The Morgan fingerprint density at radius 1 is 1.18 bits per heavy atom. The smallest absolute Gasteiger partial charge is 0.339 e. The van der Waals surface area contributed by atoms with Gasteiger partial charge in [0, 0.05) is 12.2 Å². The summed E-state index contributed by atoms with van der Waals surface area (Å²) in [6.45, 7) is 4.57. The maximum atomic E-state index is 11.6. The average molecular weight is 308 g/mol. The molecular formula is C15H16O7. The van der Waals surface area contributed by atoms with Crippen LogP contribution < -0.4 is 4.74 Å². The van der Waals surface area contributed by atoms with Gasteiger partial charge in [-0.15, -0.1) is 0 Å². The highest BCUT2D eigenvalue weighted by atomic mass is 16.5. The van der Waals surface area contributed by atoms with E-state index in [1.54, 1.807) is 0 Å². The van der Waals surface area contributed by atoms with E-state index in [4.69, 9.17) is 14.9 Å². The molecule has 0 aliphatic heterocycles. The van der Waals surface area contributed by atoms with E-state index in [1.165, 1.54) is 13.0 Å². The number of carboxylic acids is 2. The van der Waals surface area contributed by atoms with Crippen molar-refractivity contribution < 1.29 is 34.4 Å². The lowest BCUT2D eigenvalue weighted by Gasteiger charge is -2.14. The molecule has 118 valence electrons. The van der Waals surface area contributed by atoms with Gasteiger partial charge in [0.05, 0.1) is 5.56 Å². The van der Waals surface area contributed by atoms with Crippen molar-refractivity contribution in [2.45, 2.75) is 19.8 Å². The van der Waals surface area contributed by atoms with E-state index >= 15 is 0 Å². The van der Waals surface area contributed by atoms with Crippen LogP contribution in [0, 0.1) is 0 Å². The van der Waals surface area contributed by atoms with Gasteiger partial charge in [0.15, 0.2) is 0 Å². The number of aliphatic hydroxyl groups excluding tert-OH is 1.